The maximum atomic E-state index is 14.8. The fourth-order valence-corrected chi connectivity index (χ4v) is 11.1. The van der Waals surface area contributed by atoms with Gasteiger partial charge in [0.25, 0.3) is 24.6 Å². The number of hydrogen-bond donors (Lipinski definition) is 0. The Kier molecular flexibility index (Phi) is 21.6. The molecule has 2 aliphatic rings. The minimum atomic E-state index is -4.06. The standard InChI is InChI=1S/C47H58N5O19PS/c1-6-22-68-72(69-23-7-2,70-24-8-3)44(45(55)65-28-33-9-15-36(16-10-33)50(58)59)49-39(42(43(49)54)31(4)71-47(57)67-30-35-13-19-38(20-14-35)52(62)63)26-41(53)73-32(5)40-27-48(21-25-64-40)46(56)66-29-34-11-17-37(18-12-34)51(60)61/h9-20,31-32,39-40,42H,6-8,21-30H2,1-5H3. The van der Waals surface area contributed by atoms with Crippen molar-refractivity contribution in [2.75, 3.05) is 39.5 Å². The molecule has 5 unspecified atom stereocenters. The van der Waals surface area contributed by atoms with Gasteiger partial charge in [-0.25, -0.2) is 14.4 Å². The molecule has 0 spiro atoms. The SMILES string of the molecule is CCCOP(OCCC)(OCCC)=C(C(=O)OCc1ccc([N+](=O)[O-])cc1)N1C(=O)C(C(C)OC(=O)OCc2ccc([N+](=O)[O-])cc2)C1CC(=O)SC(C)C1CN(C(=O)OCc2ccc([N+](=O)[O-])cc2)CCO1. The molecule has 3 aromatic carbocycles. The van der Waals surface area contributed by atoms with Crippen LogP contribution in [0.1, 0.15) is 77.0 Å². The highest BCUT2D eigenvalue weighted by Gasteiger charge is 2.58. The number of likely N-dealkylation sites (tertiary alicyclic amines) is 1. The third-order valence-electron chi connectivity index (χ3n) is 11.2. The Balaban J connectivity index is 1.43. The number of β-lactam (4-membered cyclic amide) rings is 1. The van der Waals surface area contributed by atoms with Crippen molar-refractivity contribution in [1.29, 1.82) is 0 Å². The number of thioether (sulfide) groups is 1. The molecule has 0 saturated carbocycles. The van der Waals surface area contributed by atoms with Crippen molar-refractivity contribution in [2.45, 2.75) is 104 Å². The number of morpholine rings is 1. The topological polar surface area (TPSA) is 295 Å². The second-order valence-electron chi connectivity index (χ2n) is 16.6. The van der Waals surface area contributed by atoms with Crippen molar-refractivity contribution >= 4 is 71.0 Å². The molecule has 2 heterocycles. The number of rotatable bonds is 26. The first-order valence-electron chi connectivity index (χ1n) is 23.4. The average molecular weight is 1060 g/mol. The molecule has 24 nitrogen and oxygen atoms in total. The Morgan fingerprint density at radius 3 is 1.62 bits per heavy atom. The largest absolute Gasteiger partial charge is 0.508 e. The number of carbonyl (C=O) groups excluding carboxylic acids is 5. The van der Waals surface area contributed by atoms with Crippen LogP contribution in [-0.2, 0) is 71.5 Å². The fraction of sp³-hybridized carbons (Fsp3) is 0.489. The van der Waals surface area contributed by atoms with Gasteiger partial charge in [0.2, 0.25) is 11.3 Å². The predicted octanol–water partition coefficient (Wildman–Crippen LogP) is 8.27. The number of nitrogens with zero attached hydrogens (tertiary/aromatic N) is 5. The first-order chi connectivity index (χ1) is 34.9. The number of non-ortho nitro benzene ring substituents is 3. The van der Waals surface area contributed by atoms with Gasteiger partial charge in [-0.2, -0.15) is 0 Å². The average Bonchev–Trinajstić information content (AvgIpc) is 3.38. The van der Waals surface area contributed by atoms with Crippen LogP contribution in [0.25, 0.3) is 0 Å². The molecule has 3 aromatic rings. The summed E-state index contributed by atoms with van der Waals surface area (Å²) < 4.78 is 47.2. The molecule has 0 radical (unpaired) electrons. The third kappa shape index (κ3) is 15.7. The number of benzene rings is 3. The van der Waals surface area contributed by atoms with Crippen LogP contribution in [0.15, 0.2) is 72.8 Å². The van der Waals surface area contributed by atoms with Crippen LogP contribution in [0.3, 0.4) is 0 Å². The number of hydrogen-bond acceptors (Lipinski definition) is 20. The Bertz CT molecular complexity index is 2470. The number of nitro benzene ring substituents is 3. The van der Waals surface area contributed by atoms with Crippen molar-refractivity contribution in [1.82, 2.24) is 9.80 Å². The van der Waals surface area contributed by atoms with E-state index in [0.29, 0.717) is 36.0 Å². The second kappa shape index (κ2) is 27.5. The normalized spacial score (nSPS) is 17.4. The maximum absolute atomic E-state index is 14.8. The molecule has 2 aliphatic heterocycles. The van der Waals surface area contributed by atoms with Gasteiger partial charge in [-0.05, 0) is 79.3 Å². The minimum absolute atomic E-state index is 0.00582. The molecule has 396 valence electrons. The lowest BCUT2D eigenvalue weighted by molar-refractivity contribution is -0.385. The Hall–Kier alpha value is -6.50. The molecule has 2 fully saturated rings. The van der Waals surface area contributed by atoms with E-state index < -0.39 is 99.4 Å². The Labute approximate surface area is 424 Å². The Morgan fingerprint density at radius 2 is 1.16 bits per heavy atom. The lowest BCUT2D eigenvalue weighted by atomic mass is 9.81. The van der Waals surface area contributed by atoms with E-state index in [1.807, 2.05) is 20.8 Å². The lowest BCUT2D eigenvalue weighted by Crippen LogP contribution is -2.68. The smallest absolute Gasteiger partial charge is 0.456 e. The van der Waals surface area contributed by atoms with E-state index in [0.717, 1.165) is 16.7 Å². The highest BCUT2D eigenvalue weighted by Crippen LogP contribution is 2.56. The van der Waals surface area contributed by atoms with Crippen molar-refractivity contribution in [2.24, 2.45) is 5.92 Å². The molecule has 0 bridgehead atoms. The summed E-state index contributed by atoms with van der Waals surface area (Å²) in [5, 5.41) is 32.4. The summed E-state index contributed by atoms with van der Waals surface area (Å²) in [6.07, 6.45) is -3.00. The molecule has 5 atom stereocenters. The molecule has 0 aliphatic carbocycles. The Morgan fingerprint density at radius 1 is 0.712 bits per heavy atom. The quantitative estimate of drug-likeness (QED) is 0.0182. The van der Waals surface area contributed by atoms with Crippen LogP contribution in [0.2, 0.25) is 0 Å². The molecule has 26 heteroatoms. The van der Waals surface area contributed by atoms with Gasteiger partial charge in [0.1, 0.15) is 25.9 Å². The van der Waals surface area contributed by atoms with Crippen molar-refractivity contribution in [3.63, 3.8) is 0 Å². The van der Waals surface area contributed by atoms with E-state index in [2.05, 4.69) is 0 Å². The zero-order chi connectivity index (χ0) is 53.2. The number of amides is 2. The summed E-state index contributed by atoms with van der Waals surface area (Å²) in [7, 11) is -4.06. The predicted molar refractivity (Wildman–Crippen MR) is 263 cm³/mol. The van der Waals surface area contributed by atoms with Gasteiger partial charge in [0.05, 0.1) is 65.8 Å². The molecule has 2 saturated heterocycles. The molecule has 73 heavy (non-hydrogen) atoms. The van der Waals surface area contributed by atoms with E-state index in [1.165, 1.54) is 84.6 Å². The van der Waals surface area contributed by atoms with Gasteiger partial charge < -0.3 is 42.2 Å². The van der Waals surface area contributed by atoms with Gasteiger partial charge in [-0.15, -0.1) is 0 Å². The monoisotopic (exact) mass is 1060 g/mol. The molecule has 2 amide bonds. The molecular weight excluding hydrogens is 1000 g/mol. The van der Waals surface area contributed by atoms with Crippen LogP contribution in [0, 0.1) is 36.3 Å². The minimum Gasteiger partial charge on any atom is -0.456 e. The van der Waals surface area contributed by atoms with Crippen LogP contribution >= 0.6 is 19.3 Å². The molecule has 0 aromatic heterocycles. The van der Waals surface area contributed by atoms with Crippen molar-refractivity contribution < 1.29 is 76.0 Å². The number of esters is 1. The van der Waals surface area contributed by atoms with E-state index in [9.17, 15) is 54.3 Å². The van der Waals surface area contributed by atoms with Crippen LogP contribution in [-0.4, -0.2) is 122 Å². The van der Waals surface area contributed by atoms with Crippen molar-refractivity contribution in [3.05, 3.63) is 120 Å². The molecular formula is C47H58N5O19PS. The highest BCUT2D eigenvalue weighted by molar-refractivity contribution is 8.14. The summed E-state index contributed by atoms with van der Waals surface area (Å²) in [6, 6.07) is 14.8. The van der Waals surface area contributed by atoms with Crippen LogP contribution in [0.4, 0.5) is 26.7 Å². The summed E-state index contributed by atoms with van der Waals surface area (Å²) >= 11 is 0.862. The lowest BCUT2D eigenvalue weighted by Gasteiger charge is -2.49. The summed E-state index contributed by atoms with van der Waals surface area (Å²) in [4.78, 5) is 104. The van der Waals surface area contributed by atoms with E-state index in [-0.39, 0.29) is 69.8 Å². The zero-order valence-electron chi connectivity index (χ0n) is 40.9. The van der Waals surface area contributed by atoms with Gasteiger partial charge in [-0.1, -0.05) is 39.5 Å². The van der Waals surface area contributed by atoms with Crippen LogP contribution < -0.4 is 0 Å². The second-order valence-corrected chi connectivity index (χ2v) is 20.3. The van der Waals surface area contributed by atoms with E-state index in [1.54, 1.807) is 6.92 Å². The first kappa shape index (κ1) is 57.4. The van der Waals surface area contributed by atoms with Gasteiger partial charge in [0.15, 0.2) is 5.12 Å². The van der Waals surface area contributed by atoms with Gasteiger partial charge in [-0.3, -0.25) is 44.8 Å². The molecule has 5 rings (SSSR count). The van der Waals surface area contributed by atoms with Gasteiger partial charge in [0, 0.05) is 54.6 Å². The number of carbonyl (C=O) groups is 5. The van der Waals surface area contributed by atoms with Crippen molar-refractivity contribution in [3.8, 4) is 0 Å². The zero-order valence-corrected chi connectivity index (χ0v) is 42.6. The number of nitro groups is 3. The maximum Gasteiger partial charge on any atom is 0.508 e. The number of ether oxygens (including phenoxy) is 5. The summed E-state index contributed by atoms with van der Waals surface area (Å²) in [5.41, 5.74) is 0.355. The highest BCUT2D eigenvalue weighted by atomic mass is 32.2. The fourth-order valence-electron chi connectivity index (χ4n) is 7.45. The van der Waals surface area contributed by atoms with Gasteiger partial charge >= 0.3 is 18.2 Å². The third-order valence-corrected chi connectivity index (χ3v) is 14.8. The summed E-state index contributed by atoms with van der Waals surface area (Å²) in [6.45, 7) is 8.00. The van der Waals surface area contributed by atoms with E-state index in [4.69, 9.17) is 37.3 Å². The molecule has 0 N–H and O–H groups in total. The summed E-state index contributed by atoms with van der Waals surface area (Å²) in [5.74, 6) is -3.16. The first-order valence-corrected chi connectivity index (χ1v) is 25.8. The van der Waals surface area contributed by atoms with E-state index >= 15 is 0 Å². The van der Waals surface area contributed by atoms with Crippen LogP contribution in [0.5, 0.6) is 0 Å².